The molecule has 0 radical (unpaired) electrons. The van der Waals surface area contributed by atoms with Crippen LogP contribution in [0.5, 0.6) is 5.75 Å². The van der Waals surface area contributed by atoms with E-state index in [2.05, 4.69) is 26.0 Å². The second-order valence-corrected chi connectivity index (χ2v) is 8.70. The summed E-state index contributed by atoms with van der Waals surface area (Å²) < 4.78 is 13.0. The molecule has 8 nitrogen and oxygen atoms in total. The third-order valence-corrected chi connectivity index (χ3v) is 5.97. The highest BCUT2D eigenvalue weighted by Crippen LogP contribution is 2.25. The molecule has 2 heterocycles. The first-order chi connectivity index (χ1) is 16.0. The Hall–Kier alpha value is -2.75. The average Bonchev–Trinajstić information content (AvgIpc) is 2.83. The fourth-order valence-electron chi connectivity index (χ4n) is 3.43. The van der Waals surface area contributed by atoms with Gasteiger partial charge in [-0.15, -0.1) is 0 Å². The lowest BCUT2D eigenvalue weighted by molar-refractivity contribution is -0.137. The Morgan fingerprint density at radius 1 is 1.27 bits per heavy atom. The SMILES string of the molecule is CCc1nc2ccc(Br)cc2c(=O)n1N=Cc1ccc(OCC(=O)N2CCOCC2)c(Cl)c1. The van der Waals surface area contributed by atoms with Crippen molar-refractivity contribution in [1.82, 2.24) is 14.6 Å². The molecule has 10 heteroatoms. The summed E-state index contributed by atoms with van der Waals surface area (Å²) in [6.45, 7) is 4.01. The van der Waals surface area contributed by atoms with E-state index in [0.717, 1.165) is 4.47 Å². The minimum Gasteiger partial charge on any atom is -0.482 e. The predicted octanol–water partition coefficient (Wildman–Crippen LogP) is 3.49. The first-order valence-corrected chi connectivity index (χ1v) is 11.7. The summed E-state index contributed by atoms with van der Waals surface area (Å²) >= 11 is 9.74. The molecule has 0 saturated carbocycles. The molecule has 0 spiro atoms. The van der Waals surface area contributed by atoms with Gasteiger partial charge in [-0.25, -0.2) is 4.98 Å². The van der Waals surface area contributed by atoms with Crippen LogP contribution in [0.2, 0.25) is 5.02 Å². The molecule has 33 heavy (non-hydrogen) atoms. The van der Waals surface area contributed by atoms with Crippen LogP contribution >= 0.6 is 27.5 Å². The minimum absolute atomic E-state index is 0.0965. The van der Waals surface area contributed by atoms with Crippen LogP contribution in [0.3, 0.4) is 0 Å². The number of aromatic nitrogens is 2. The van der Waals surface area contributed by atoms with Crippen LogP contribution < -0.4 is 10.3 Å². The molecule has 1 saturated heterocycles. The van der Waals surface area contributed by atoms with Crippen molar-refractivity contribution in [3.63, 3.8) is 0 Å². The van der Waals surface area contributed by atoms with E-state index in [1.54, 1.807) is 41.4 Å². The number of benzene rings is 2. The van der Waals surface area contributed by atoms with Crippen molar-refractivity contribution in [1.29, 1.82) is 0 Å². The lowest BCUT2D eigenvalue weighted by Crippen LogP contribution is -2.43. The molecule has 172 valence electrons. The number of rotatable bonds is 6. The van der Waals surface area contributed by atoms with Crippen molar-refractivity contribution in [2.45, 2.75) is 13.3 Å². The van der Waals surface area contributed by atoms with Crippen LogP contribution in [0.25, 0.3) is 10.9 Å². The molecule has 1 amide bonds. The van der Waals surface area contributed by atoms with E-state index in [0.29, 0.717) is 65.8 Å². The number of hydrogen-bond donors (Lipinski definition) is 0. The summed E-state index contributed by atoms with van der Waals surface area (Å²) in [6, 6.07) is 10.5. The largest absolute Gasteiger partial charge is 0.482 e. The third-order valence-electron chi connectivity index (χ3n) is 5.18. The summed E-state index contributed by atoms with van der Waals surface area (Å²) in [5, 5.41) is 5.18. The molecule has 0 atom stereocenters. The Balaban J connectivity index is 1.51. The Morgan fingerprint density at radius 2 is 2.06 bits per heavy atom. The van der Waals surface area contributed by atoms with E-state index in [4.69, 9.17) is 21.1 Å². The first kappa shape index (κ1) is 23.4. The van der Waals surface area contributed by atoms with Crippen molar-refractivity contribution in [2.75, 3.05) is 32.9 Å². The van der Waals surface area contributed by atoms with Gasteiger partial charge in [0.2, 0.25) is 0 Å². The Morgan fingerprint density at radius 3 is 2.79 bits per heavy atom. The predicted molar refractivity (Wildman–Crippen MR) is 130 cm³/mol. The van der Waals surface area contributed by atoms with E-state index >= 15 is 0 Å². The van der Waals surface area contributed by atoms with Gasteiger partial charge in [0, 0.05) is 24.0 Å². The van der Waals surface area contributed by atoms with Crippen LogP contribution in [-0.2, 0) is 16.0 Å². The highest BCUT2D eigenvalue weighted by Gasteiger charge is 2.17. The molecular weight excluding hydrogens is 512 g/mol. The first-order valence-electron chi connectivity index (χ1n) is 10.5. The molecule has 1 aliphatic heterocycles. The molecule has 0 bridgehead atoms. The topological polar surface area (TPSA) is 86.0 Å². The molecule has 0 unspecified atom stereocenters. The maximum absolute atomic E-state index is 13.0. The van der Waals surface area contributed by atoms with Crippen LogP contribution in [0, 0.1) is 0 Å². The molecule has 3 aromatic rings. The van der Waals surface area contributed by atoms with Gasteiger partial charge < -0.3 is 14.4 Å². The Kier molecular flexibility index (Phi) is 7.42. The number of carbonyl (C=O) groups excluding carboxylic acids is 1. The minimum atomic E-state index is -0.248. The third kappa shape index (κ3) is 5.43. The second kappa shape index (κ2) is 10.5. The Labute approximate surface area is 203 Å². The molecule has 0 aliphatic carbocycles. The van der Waals surface area contributed by atoms with Crippen LogP contribution in [0.15, 0.2) is 50.8 Å². The van der Waals surface area contributed by atoms with Gasteiger partial charge in [0.15, 0.2) is 6.61 Å². The zero-order chi connectivity index (χ0) is 23.4. The molecule has 2 aromatic carbocycles. The smallest absolute Gasteiger partial charge is 0.282 e. The van der Waals surface area contributed by atoms with Gasteiger partial charge in [0.25, 0.3) is 11.5 Å². The number of fused-ring (bicyclic) bond motifs is 1. The number of ether oxygens (including phenoxy) is 2. The van der Waals surface area contributed by atoms with Crippen molar-refractivity contribution in [2.24, 2.45) is 5.10 Å². The fraction of sp³-hybridized carbons (Fsp3) is 0.304. The lowest BCUT2D eigenvalue weighted by atomic mass is 10.2. The highest BCUT2D eigenvalue weighted by atomic mass is 79.9. The van der Waals surface area contributed by atoms with Gasteiger partial charge in [0.1, 0.15) is 11.6 Å². The van der Waals surface area contributed by atoms with Crippen LogP contribution in [0.4, 0.5) is 0 Å². The van der Waals surface area contributed by atoms with Crippen molar-refractivity contribution in [3.8, 4) is 5.75 Å². The molecule has 0 N–H and O–H groups in total. The van der Waals surface area contributed by atoms with E-state index < -0.39 is 0 Å². The van der Waals surface area contributed by atoms with Crippen LogP contribution in [-0.4, -0.2) is 59.6 Å². The second-order valence-electron chi connectivity index (χ2n) is 7.38. The van der Waals surface area contributed by atoms with Crippen molar-refractivity contribution < 1.29 is 14.3 Å². The van der Waals surface area contributed by atoms with Gasteiger partial charge in [-0.3, -0.25) is 9.59 Å². The summed E-state index contributed by atoms with van der Waals surface area (Å²) in [5.41, 5.74) is 1.06. The lowest BCUT2D eigenvalue weighted by Gasteiger charge is -2.26. The normalized spacial score (nSPS) is 14.2. The fourth-order valence-corrected chi connectivity index (χ4v) is 4.03. The van der Waals surface area contributed by atoms with Gasteiger partial charge >= 0.3 is 0 Å². The quantitative estimate of drug-likeness (QED) is 0.453. The standard InChI is InChI=1S/C23H22BrClN4O4/c1-2-21-27-19-5-4-16(24)12-17(19)23(31)29(21)26-13-15-3-6-20(18(25)11-15)33-14-22(30)28-7-9-32-10-8-28/h3-6,11-13H,2,7-10,14H2,1H3. The maximum atomic E-state index is 13.0. The summed E-state index contributed by atoms with van der Waals surface area (Å²) in [7, 11) is 0. The summed E-state index contributed by atoms with van der Waals surface area (Å²) in [4.78, 5) is 31.5. The molecular formula is C23H22BrClN4O4. The maximum Gasteiger partial charge on any atom is 0.282 e. The molecule has 1 aromatic heterocycles. The highest BCUT2D eigenvalue weighted by molar-refractivity contribution is 9.10. The Bertz CT molecular complexity index is 1270. The van der Waals surface area contributed by atoms with E-state index in [-0.39, 0.29) is 18.1 Å². The van der Waals surface area contributed by atoms with Crippen molar-refractivity contribution >= 4 is 50.6 Å². The number of amides is 1. The number of aryl methyl sites for hydroxylation is 1. The van der Waals surface area contributed by atoms with Gasteiger partial charge in [0.05, 0.1) is 35.4 Å². The van der Waals surface area contributed by atoms with E-state index in [9.17, 15) is 9.59 Å². The van der Waals surface area contributed by atoms with E-state index in [1.807, 2.05) is 13.0 Å². The van der Waals surface area contributed by atoms with E-state index in [1.165, 1.54) is 4.68 Å². The molecule has 1 aliphatic rings. The zero-order valence-electron chi connectivity index (χ0n) is 18.0. The number of morpholine rings is 1. The molecule has 1 fully saturated rings. The van der Waals surface area contributed by atoms with Gasteiger partial charge in [-0.05, 0) is 42.0 Å². The summed E-state index contributed by atoms with van der Waals surface area (Å²) in [5.74, 6) is 0.847. The monoisotopic (exact) mass is 532 g/mol. The number of carbonyl (C=O) groups is 1. The average molecular weight is 534 g/mol. The number of hydrogen-bond acceptors (Lipinski definition) is 6. The van der Waals surface area contributed by atoms with Gasteiger partial charge in [-0.1, -0.05) is 34.5 Å². The number of nitrogens with zero attached hydrogens (tertiary/aromatic N) is 4. The van der Waals surface area contributed by atoms with Crippen molar-refractivity contribution in [3.05, 3.63) is 67.6 Å². The summed E-state index contributed by atoms with van der Waals surface area (Å²) in [6.07, 6.45) is 2.09. The zero-order valence-corrected chi connectivity index (χ0v) is 20.3. The number of halogens is 2. The molecule has 4 rings (SSSR count). The van der Waals surface area contributed by atoms with Gasteiger partial charge in [-0.2, -0.15) is 9.78 Å². The van der Waals surface area contributed by atoms with Crippen LogP contribution in [0.1, 0.15) is 18.3 Å².